The summed E-state index contributed by atoms with van der Waals surface area (Å²) in [5, 5.41) is 7.43. The van der Waals surface area contributed by atoms with Gasteiger partial charge in [0.05, 0.1) is 18.3 Å². The van der Waals surface area contributed by atoms with Crippen molar-refractivity contribution in [1.82, 2.24) is 14.8 Å². The van der Waals surface area contributed by atoms with Crippen molar-refractivity contribution in [3.8, 4) is 5.75 Å². The Morgan fingerprint density at radius 3 is 2.69 bits per heavy atom. The van der Waals surface area contributed by atoms with Gasteiger partial charge in [0.1, 0.15) is 18.1 Å². The topological polar surface area (TPSA) is 78.3 Å². The molecule has 1 N–H and O–H groups in total. The van der Waals surface area contributed by atoms with Crippen LogP contribution in [0.1, 0.15) is 45.7 Å². The molecule has 0 saturated carbocycles. The number of fused-ring (bicyclic) bond motifs is 1. The lowest BCUT2D eigenvalue weighted by molar-refractivity contribution is -0.139. The largest absolute Gasteiger partial charge is 0.491 e. The maximum atomic E-state index is 12.7. The van der Waals surface area contributed by atoms with Crippen LogP contribution < -0.4 is 10.1 Å². The third kappa shape index (κ3) is 3.56. The molecular weight excluding hydrogens is 332 g/mol. The van der Waals surface area contributed by atoms with Gasteiger partial charge in [-0.2, -0.15) is 10.1 Å². The van der Waals surface area contributed by atoms with Gasteiger partial charge >= 0.3 is 5.97 Å². The lowest BCUT2D eigenvalue weighted by atomic mass is 9.96. The molecule has 0 radical (unpaired) electrons. The van der Waals surface area contributed by atoms with Crippen LogP contribution in [0.4, 0.5) is 5.95 Å². The van der Waals surface area contributed by atoms with Gasteiger partial charge in [0, 0.05) is 5.70 Å². The molecule has 2 heterocycles. The van der Waals surface area contributed by atoms with Crippen molar-refractivity contribution in [3.63, 3.8) is 0 Å². The minimum absolute atomic E-state index is 0.100. The van der Waals surface area contributed by atoms with Crippen molar-refractivity contribution in [1.29, 1.82) is 0 Å². The zero-order valence-corrected chi connectivity index (χ0v) is 15.5. The van der Waals surface area contributed by atoms with Gasteiger partial charge in [-0.05, 0) is 44.9 Å². The van der Waals surface area contributed by atoms with Gasteiger partial charge in [0.25, 0.3) is 0 Å². The monoisotopic (exact) mass is 356 g/mol. The SMILES string of the molecule is CCCOC(=O)C1=C(C)Nc2ncnn2C1c1ccc(OC(C)C)cc1. The van der Waals surface area contributed by atoms with E-state index in [2.05, 4.69) is 15.4 Å². The lowest BCUT2D eigenvalue weighted by Gasteiger charge is -2.28. The minimum atomic E-state index is -0.397. The molecule has 1 unspecified atom stereocenters. The summed E-state index contributed by atoms with van der Waals surface area (Å²) in [4.78, 5) is 16.9. The number of hydrogen-bond acceptors (Lipinski definition) is 6. The van der Waals surface area contributed by atoms with Gasteiger partial charge in [-0.1, -0.05) is 19.1 Å². The number of ether oxygens (including phenoxy) is 2. The molecule has 7 nitrogen and oxygen atoms in total. The first kappa shape index (κ1) is 18.0. The number of allylic oxidation sites excluding steroid dienone is 1. The molecule has 138 valence electrons. The molecule has 0 saturated heterocycles. The third-order valence-electron chi connectivity index (χ3n) is 4.02. The summed E-state index contributed by atoms with van der Waals surface area (Å²) in [6.07, 6.45) is 2.34. The van der Waals surface area contributed by atoms with E-state index in [1.165, 1.54) is 6.33 Å². The van der Waals surface area contributed by atoms with Gasteiger partial charge in [-0.25, -0.2) is 9.48 Å². The van der Waals surface area contributed by atoms with E-state index < -0.39 is 6.04 Å². The Balaban J connectivity index is 1.99. The highest BCUT2D eigenvalue weighted by Gasteiger charge is 2.34. The van der Waals surface area contributed by atoms with Crippen molar-refractivity contribution in [2.75, 3.05) is 11.9 Å². The van der Waals surface area contributed by atoms with Crippen LogP contribution in [0.2, 0.25) is 0 Å². The van der Waals surface area contributed by atoms with Crippen LogP contribution >= 0.6 is 0 Å². The second-order valence-corrected chi connectivity index (χ2v) is 6.47. The average Bonchev–Trinajstić information content (AvgIpc) is 3.06. The number of esters is 1. The molecule has 0 aliphatic carbocycles. The Bertz CT molecular complexity index is 808. The molecule has 3 rings (SSSR count). The molecular formula is C19H24N4O3. The molecule has 0 spiro atoms. The fourth-order valence-corrected chi connectivity index (χ4v) is 2.94. The summed E-state index contributed by atoms with van der Waals surface area (Å²) in [7, 11) is 0. The zero-order valence-electron chi connectivity index (χ0n) is 15.5. The van der Waals surface area contributed by atoms with Crippen molar-refractivity contribution in [2.24, 2.45) is 0 Å². The number of carbonyl (C=O) groups is 1. The molecule has 1 aliphatic rings. The van der Waals surface area contributed by atoms with Crippen molar-refractivity contribution in [3.05, 3.63) is 47.4 Å². The van der Waals surface area contributed by atoms with Crippen LogP contribution in [0.25, 0.3) is 0 Å². The van der Waals surface area contributed by atoms with Gasteiger partial charge in [-0.15, -0.1) is 0 Å². The molecule has 0 amide bonds. The maximum absolute atomic E-state index is 12.7. The summed E-state index contributed by atoms with van der Waals surface area (Å²) >= 11 is 0. The van der Waals surface area contributed by atoms with E-state index in [9.17, 15) is 4.79 Å². The summed E-state index contributed by atoms with van der Waals surface area (Å²) in [5.74, 6) is 1.04. The Morgan fingerprint density at radius 1 is 1.31 bits per heavy atom. The molecule has 0 bridgehead atoms. The molecule has 1 aromatic carbocycles. The Morgan fingerprint density at radius 2 is 2.04 bits per heavy atom. The quantitative estimate of drug-likeness (QED) is 0.800. The summed E-state index contributed by atoms with van der Waals surface area (Å²) in [6, 6.07) is 7.29. The second kappa shape index (κ2) is 7.59. The number of rotatable bonds is 6. The van der Waals surface area contributed by atoms with Gasteiger partial charge in [-0.3, -0.25) is 0 Å². The molecule has 0 fully saturated rings. The van der Waals surface area contributed by atoms with E-state index in [0.717, 1.165) is 23.4 Å². The maximum Gasteiger partial charge on any atom is 0.338 e. The Kier molecular flexibility index (Phi) is 5.25. The first-order valence-electron chi connectivity index (χ1n) is 8.82. The second-order valence-electron chi connectivity index (χ2n) is 6.47. The Labute approximate surface area is 153 Å². The number of anilines is 1. The number of nitrogens with zero attached hydrogens (tertiary/aromatic N) is 3. The van der Waals surface area contributed by atoms with E-state index in [1.807, 2.05) is 52.0 Å². The van der Waals surface area contributed by atoms with Gasteiger partial charge in [0.2, 0.25) is 5.95 Å². The van der Waals surface area contributed by atoms with Crippen molar-refractivity contribution in [2.45, 2.75) is 46.3 Å². The van der Waals surface area contributed by atoms with E-state index in [1.54, 1.807) is 4.68 Å². The lowest BCUT2D eigenvalue weighted by Crippen LogP contribution is -2.29. The first-order chi connectivity index (χ1) is 12.5. The average molecular weight is 356 g/mol. The standard InChI is InChI=1S/C19H24N4O3/c1-5-10-25-18(24)16-13(4)22-19-20-11-21-23(19)17(16)14-6-8-15(9-7-14)26-12(2)3/h6-9,11-12,17H,5,10H2,1-4H3,(H,20,21,22). The fourth-order valence-electron chi connectivity index (χ4n) is 2.94. The summed E-state index contributed by atoms with van der Waals surface area (Å²) in [6.45, 7) is 8.17. The first-order valence-corrected chi connectivity index (χ1v) is 8.82. The van der Waals surface area contributed by atoms with Gasteiger partial charge < -0.3 is 14.8 Å². The number of nitrogens with one attached hydrogen (secondary N) is 1. The van der Waals surface area contributed by atoms with Crippen LogP contribution in [0.3, 0.4) is 0 Å². The molecule has 1 aromatic heterocycles. The van der Waals surface area contributed by atoms with E-state index >= 15 is 0 Å². The summed E-state index contributed by atoms with van der Waals surface area (Å²) in [5.41, 5.74) is 2.17. The van der Waals surface area contributed by atoms with Crippen molar-refractivity contribution < 1.29 is 14.3 Å². The molecule has 26 heavy (non-hydrogen) atoms. The Hall–Kier alpha value is -2.83. The fraction of sp³-hybridized carbons (Fsp3) is 0.421. The smallest absolute Gasteiger partial charge is 0.338 e. The van der Waals surface area contributed by atoms with Crippen molar-refractivity contribution >= 4 is 11.9 Å². The summed E-state index contributed by atoms with van der Waals surface area (Å²) < 4.78 is 12.8. The predicted octanol–water partition coefficient (Wildman–Crippen LogP) is 3.31. The number of hydrogen-bond donors (Lipinski definition) is 1. The molecule has 1 atom stereocenters. The number of aromatic nitrogens is 3. The molecule has 7 heteroatoms. The normalized spacial score (nSPS) is 16.3. The van der Waals surface area contributed by atoms with Crippen LogP contribution in [-0.4, -0.2) is 33.4 Å². The number of benzene rings is 1. The zero-order chi connectivity index (χ0) is 18.7. The van der Waals surface area contributed by atoms with E-state index in [0.29, 0.717) is 18.1 Å². The van der Waals surface area contributed by atoms with Gasteiger partial charge in [0.15, 0.2) is 0 Å². The third-order valence-corrected chi connectivity index (χ3v) is 4.02. The van der Waals surface area contributed by atoms with Crippen LogP contribution in [0, 0.1) is 0 Å². The molecule has 2 aromatic rings. The van der Waals surface area contributed by atoms with Crippen LogP contribution in [0.15, 0.2) is 41.9 Å². The van der Waals surface area contributed by atoms with E-state index in [4.69, 9.17) is 9.47 Å². The van der Waals surface area contributed by atoms with Crippen LogP contribution in [0.5, 0.6) is 5.75 Å². The molecule has 1 aliphatic heterocycles. The highest BCUT2D eigenvalue weighted by Crippen LogP contribution is 2.35. The van der Waals surface area contributed by atoms with Crippen LogP contribution in [-0.2, 0) is 9.53 Å². The van der Waals surface area contributed by atoms with E-state index in [-0.39, 0.29) is 12.1 Å². The minimum Gasteiger partial charge on any atom is -0.491 e. The highest BCUT2D eigenvalue weighted by molar-refractivity contribution is 5.92. The highest BCUT2D eigenvalue weighted by atomic mass is 16.5. The number of carbonyl (C=O) groups excluding carboxylic acids is 1. The predicted molar refractivity (Wildman–Crippen MR) is 97.9 cm³/mol.